The largest absolute Gasteiger partial charge is 0.366 e. The van der Waals surface area contributed by atoms with Crippen LogP contribution in [0.3, 0.4) is 0 Å². The van der Waals surface area contributed by atoms with Gasteiger partial charge >= 0.3 is 0 Å². The summed E-state index contributed by atoms with van der Waals surface area (Å²) in [4.78, 5) is 11.7. The van der Waals surface area contributed by atoms with Crippen LogP contribution in [0.1, 0.15) is 15.9 Å². The second-order valence-corrected chi connectivity index (χ2v) is 4.46. The molecule has 0 aliphatic carbocycles. The summed E-state index contributed by atoms with van der Waals surface area (Å²) in [6, 6.07) is 16.0. The molecule has 0 unspecified atom stereocenters. The highest BCUT2D eigenvalue weighted by molar-refractivity contribution is 6.18. The van der Waals surface area contributed by atoms with E-state index >= 15 is 0 Å². The van der Waals surface area contributed by atoms with E-state index < -0.39 is 0 Å². The maximum Gasteiger partial charge on any atom is 0.249 e. The van der Waals surface area contributed by atoms with Crippen molar-refractivity contribution >= 4 is 27.5 Å². The van der Waals surface area contributed by atoms with Crippen LogP contribution in [0.5, 0.6) is 0 Å². The second-order valence-electron chi connectivity index (χ2n) is 4.46. The van der Waals surface area contributed by atoms with Gasteiger partial charge in [-0.1, -0.05) is 48.5 Å². The molecular weight excluding hydrogens is 222 g/mol. The molecule has 0 aromatic heterocycles. The summed E-state index contributed by atoms with van der Waals surface area (Å²) >= 11 is 0. The minimum Gasteiger partial charge on any atom is -0.366 e. The van der Waals surface area contributed by atoms with E-state index in [9.17, 15) is 4.79 Å². The number of nitrogens with two attached hydrogens (primary N) is 1. The Labute approximate surface area is 105 Å². The van der Waals surface area contributed by atoms with Crippen LogP contribution < -0.4 is 5.73 Å². The normalized spacial score (nSPS) is 10.9. The molecule has 0 saturated heterocycles. The number of carbonyl (C=O) groups is 1. The van der Waals surface area contributed by atoms with Gasteiger partial charge in [-0.25, -0.2) is 0 Å². The Morgan fingerprint density at radius 3 is 1.83 bits per heavy atom. The van der Waals surface area contributed by atoms with Crippen LogP contribution in [0.25, 0.3) is 21.5 Å². The van der Waals surface area contributed by atoms with Crippen LogP contribution in [0.2, 0.25) is 0 Å². The second kappa shape index (κ2) is 3.84. The standard InChI is InChI=1S/C16H13NO/c1-10-11-6-2-3-7-12(11)13-8-4-5-9-14(13)15(10)16(17)18/h2-9H,1H3,(H2,17,18). The predicted octanol–water partition coefficient (Wildman–Crippen LogP) is 3.40. The lowest BCUT2D eigenvalue weighted by Gasteiger charge is -2.12. The minimum absolute atomic E-state index is 0.366. The molecule has 3 aromatic carbocycles. The van der Waals surface area contributed by atoms with E-state index in [1.807, 2.05) is 49.4 Å². The van der Waals surface area contributed by atoms with E-state index in [-0.39, 0.29) is 5.91 Å². The monoisotopic (exact) mass is 235 g/mol. The summed E-state index contributed by atoms with van der Waals surface area (Å²) < 4.78 is 0. The molecule has 2 N–H and O–H groups in total. The van der Waals surface area contributed by atoms with Crippen molar-refractivity contribution in [3.63, 3.8) is 0 Å². The molecule has 0 saturated carbocycles. The lowest BCUT2D eigenvalue weighted by molar-refractivity contribution is 0.100. The fraction of sp³-hybridized carbons (Fsp3) is 0.0625. The highest BCUT2D eigenvalue weighted by Crippen LogP contribution is 2.31. The van der Waals surface area contributed by atoms with Gasteiger partial charge in [0.2, 0.25) is 5.91 Å². The van der Waals surface area contributed by atoms with Gasteiger partial charge in [-0.3, -0.25) is 4.79 Å². The van der Waals surface area contributed by atoms with Crippen molar-refractivity contribution in [1.82, 2.24) is 0 Å². The lowest BCUT2D eigenvalue weighted by atomic mass is 9.92. The molecule has 3 rings (SSSR count). The molecule has 0 heterocycles. The van der Waals surface area contributed by atoms with Crippen molar-refractivity contribution in [2.24, 2.45) is 5.73 Å². The molecule has 0 aliphatic heterocycles. The van der Waals surface area contributed by atoms with Crippen LogP contribution in [0, 0.1) is 6.92 Å². The number of benzene rings is 3. The zero-order valence-corrected chi connectivity index (χ0v) is 10.1. The van der Waals surface area contributed by atoms with Crippen LogP contribution in [0.4, 0.5) is 0 Å². The fourth-order valence-corrected chi connectivity index (χ4v) is 2.64. The number of carbonyl (C=O) groups excluding carboxylic acids is 1. The molecule has 2 nitrogen and oxygen atoms in total. The fourth-order valence-electron chi connectivity index (χ4n) is 2.64. The first-order valence-corrected chi connectivity index (χ1v) is 5.90. The van der Waals surface area contributed by atoms with Gasteiger partial charge in [-0.2, -0.15) is 0 Å². The molecule has 0 spiro atoms. The van der Waals surface area contributed by atoms with E-state index in [0.717, 1.165) is 27.1 Å². The first-order valence-electron chi connectivity index (χ1n) is 5.90. The van der Waals surface area contributed by atoms with Crippen molar-refractivity contribution in [3.8, 4) is 0 Å². The van der Waals surface area contributed by atoms with Crippen molar-refractivity contribution in [1.29, 1.82) is 0 Å². The molecule has 1 amide bonds. The first-order chi connectivity index (χ1) is 8.70. The summed E-state index contributed by atoms with van der Waals surface area (Å²) in [7, 11) is 0. The Morgan fingerprint density at radius 1 is 0.833 bits per heavy atom. The SMILES string of the molecule is Cc1c(C(N)=O)c2ccccc2c2ccccc12. The summed E-state index contributed by atoms with van der Waals surface area (Å²) in [5, 5.41) is 4.26. The number of fused-ring (bicyclic) bond motifs is 3. The van der Waals surface area contributed by atoms with Gasteiger partial charge in [-0.15, -0.1) is 0 Å². The average Bonchev–Trinajstić information content (AvgIpc) is 2.39. The summed E-state index contributed by atoms with van der Waals surface area (Å²) in [5.41, 5.74) is 7.12. The van der Waals surface area contributed by atoms with Crippen molar-refractivity contribution < 1.29 is 4.79 Å². The van der Waals surface area contributed by atoms with Crippen LogP contribution in [0.15, 0.2) is 48.5 Å². The van der Waals surface area contributed by atoms with Crippen molar-refractivity contribution in [2.45, 2.75) is 6.92 Å². The van der Waals surface area contributed by atoms with Crippen LogP contribution in [-0.2, 0) is 0 Å². The molecule has 0 bridgehead atoms. The number of hydrogen-bond acceptors (Lipinski definition) is 1. The third-order valence-electron chi connectivity index (χ3n) is 3.44. The average molecular weight is 235 g/mol. The Hall–Kier alpha value is -2.35. The Balaban J connectivity index is 2.66. The lowest BCUT2D eigenvalue weighted by Crippen LogP contribution is -2.13. The number of aryl methyl sites for hydroxylation is 1. The number of rotatable bonds is 1. The Morgan fingerprint density at radius 2 is 1.28 bits per heavy atom. The first kappa shape index (κ1) is 10.8. The third kappa shape index (κ3) is 1.39. The Bertz CT molecular complexity index is 774. The van der Waals surface area contributed by atoms with Gasteiger partial charge < -0.3 is 5.73 Å². The molecule has 3 aromatic rings. The number of amides is 1. The molecular formula is C16H13NO. The summed E-state index contributed by atoms with van der Waals surface area (Å²) in [6.07, 6.45) is 0. The van der Waals surface area contributed by atoms with E-state index in [0.29, 0.717) is 5.56 Å². The van der Waals surface area contributed by atoms with Gasteiger partial charge in [0.15, 0.2) is 0 Å². The van der Waals surface area contributed by atoms with Crippen molar-refractivity contribution in [3.05, 3.63) is 59.7 Å². The van der Waals surface area contributed by atoms with Crippen LogP contribution in [-0.4, -0.2) is 5.91 Å². The number of primary amides is 1. The zero-order valence-electron chi connectivity index (χ0n) is 10.1. The maximum atomic E-state index is 11.7. The molecule has 0 atom stereocenters. The highest BCUT2D eigenvalue weighted by Gasteiger charge is 2.14. The van der Waals surface area contributed by atoms with E-state index in [1.54, 1.807) is 0 Å². The molecule has 18 heavy (non-hydrogen) atoms. The summed E-state index contributed by atoms with van der Waals surface area (Å²) in [5.74, 6) is -0.366. The highest BCUT2D eigenvalue weighted by atomic mass is 16.1. The van der Waals surface area contributed by atoms with Gasteiger partial charge in [0.25, 0.3) is 0 Å². The van der Waals surface area contributed by atoms with E-state index in [1.165, 1.54) is 0 Å². The summed E-state index contributed by atoms with van der Waals surface area (Å²) in [6.45, 7) is 1.95. The Kier molecular flexibility index (Phi) is 2.30. The molecule has 0 aliphatic rings. The smallest absolute Gasteiger partial charge is 0.249 e. The van der Waals surface area contributed by atoms with Crippen LogP contribution >= 0.6 is 0 Å². The van der Waals surface area contributed by atoms with Gasteiger partial charge in [0.05, 0.1) is 5.56 Å². The maximum absolute atomic E-state index is 11.7. The quantitative estimate of drug-likeness (QED) is 0.645. The molecule has 2 heteroatoms. The van der Waals surface area contributed by atoms with E-state index in [4.69, 9.17) is 5.73 Å². The zero-order chi connectivity index (χ0) is 12.7. The molecule has 0 radical (unpaired) electrons. The number of hydrogen-bond donors (Lipinski definition) is 1. The minimum atomic E-state index is -0.366. The topological polar surface area (TPSA) is 43.1 Å². The molecule has 88 valence electrons. The van der Waals surface area contributed by atoms with Crippen molar-refractivity contribution in [2.75, 3.05) is 0 Å². The van der Waals surface area contributed by atoms with Gasteiger partial charge in [0.1, 0.15) is 0 Å². The molecule has 0 fully saturated rings. The predicted molar refractivity (Wildman–Crippen MR) is 74.7 cm³/mol. The van der Waals surface area contributed by atoms with E-state index in [2.05, 4.69) is 6.07 Å². The third-order valence-corrected chi connectivity index (χ3v) is 3.44. The van der Waals surface area contributed by atoms with Gasteiger partial charge in [0, 0.05) is 0 Å². The van der Waals surface area contributed by atoms with Gasteiger partial charge in [-0.05, 0) is 34.0 Å².